The highest BCUT2D eigenvalue weighted by molar-refractivity contribution is 5.85. The van der Waals surface area contributed by atoms with E-state index in [1.165, 1.54) is 25.7 Å². The van der Waals surface area contributed by atoms with Crippen molar-refractivity contribution in [3.63, 3.8) is 0 Å². The quantitative estimate of drug-likeness (QED) is 0.468. The topological polar surface area (TPSA) is 9.23 Å². The minimum atomic E-state index is -0.732. The van der Waals surface area contributed by atoms with Gasteiger partial charge in [0.05, 0.1) is 6.61 Å². The smallest absolute Gasteiger partial charge is 0.167 e. The van der Waals surface area contributed by atoms with E-state index in [4.69, 9.17) is 4.74 Å². The predicted octanol–water partition coefficient (Wildman–Crippen LogP) is 7.37. The van der Waals surface area contributed by atoms with Crippen LogP contribution in [0.5, 0.6) is 5.75 Å². The molecular formula is C23H30F2O. The van der Waals surface area contributed by atoms with Crippen LogP contribution in [-0.4, -0.2) is 6.61 Å². The first-order valence-corrected chi connectivity index (χ1v) is 10.2. The van der Waals surface area contributed by atoms with Gasteiger partial charge in [-0.2, -0.15) is 0 Å². The molecule has 0 aromatic heterocycles. The first kappa shape index (κ1) is 19.1. The molecule has 2 aromatic rings. The fourth-order valence-electron chi connectivity index (χ4n) is 4.33. The van der Waals surface area contributed by atoms with Gasteiger partial charge < -0.3 is 4.74 Å². The minimum Gasteiger partial charge on any atom is -0.494 e. The van der Waals surface area contributed by atoms with Gasteiger partial charge in [-0.25, -0.2) is 8.78 Å². The minimum absolute atomic E-state index is 0.142. The lowest BCUT2D eigenvalue weighted by atomic mass is 9.76. The van der Waals surface area contributed by atoms with Gasteiger partial charge >= 0.3 is 0 Å². The number of halogens is 2. The van der Waals surface area contributed by atoms with Crippen LogP contribution in [0.4, 0.5) is 8.78 Å². The molecule has 1 fully saturated rings. The summed E-state index contributed by atoms with van der Waals surface area (Å²) in [5.41, 5.74) is 0.561. The summed E-state index contributed by atoms with van der Waals surface area (Å²) in [7, 11) is 0. The molecule has 26 heavy (non-hydrogen) atoms. The zero-order valence-electron chi connectivity index (χ0n) is 16.0. The molecule has 0 spiro atoms. The highest BCUT2D eigenvalue weighted by atomic mass is 19.2. The zero-order chi connectivity index (χ0) is 18.5. The van der Waals surface area contributed by atoms with Crippen molar-refractivity contribution in [1.82, 2.24) is 0 Å². The Morgan fingerprint density at radius 1 is 0.962 bits per heavy atom. The van der Waals surface area contributed by atoms with Gasteiger partial charge in [0.1, 0.15) is 5.75 Å². The summed E-state index contributed by atoms with van der Waals surface area (Å²) < 4.78 is 34.9. The molecule has 0 radical (unpaired) electrons. The Kier molecular flexibility index (Phi) is 6.50. The number of fused-ring (bicyclic) bond motifs is 1. The van der Waals surface area contributed by atoms with E-state index in [9.17, 15) is 8.78 Å². The molecule has 0 atom stereocenters. The SMILES string of the molecule is CCCCCC1CCC(c2cc3ccc(OCC)cc3c(F)c2F)CC1. The maximum atomic E-state index is 14.8. The second-order valence-corrected chi connectivity index (χ2v) is 7.62. The maximum absolute atomic E-state index is 14.8. The van der Waals surface area contributed by atoms with E-state index in [2.05, 4.69) is 6.92 Å². The maximum Gasteiger partial charge on any atom is 0.167 e. The molecule has 1 aliphatic carbocycles. The van der Waals surface area contributed by atoms with Crippen LogP contribution in [-0.2, 0) is 0 Å². The Bertz CT molecular complexity index is 733. The number of unbranched alkanes of at least 4 members (excludes halogenated alkanes) is 2. The Hall–Kier alpha value is -1.64. The standard InChI is InChI=1S/C23H30F2O/c1-3-5-6-7-16-8-10-17(11-9-16)20-14-18-12-13-19(26-4-2)15-21(18)23(25)22(20)24/h12-17H,3-11H2,1-2H3. The summed E-state index contributed by atoms with van der Waals surface area (Å²) in [6.45, 7) is 4.61. The van der Waals surface area contributed by atoms with E-state index in [-0.39, 0.29) is 5.92 Å². The van der Waals surface area contributed by atoms with Crippen LogP contribution in [0.3, 0.4) is 0 Å². The van der Waals surface area contributed by atoms with Gasteiger partial charge in [-0.05, 0) is 73.6 Å². The largest absolute Gasteiger partial charge is 0.494 e. The van der Waals surface area contributed by atoms with Crippen LogP contribution >= 0.6 is 0 Å². The van der Waals surface area contributed by atoms with Gasteiger partial charge in [0.15, 0.2) is 11.6 Å². The molecule has 0 unspecified atom stereocenters. The van der Waals surface area contributed by atoms with Crippen LogP contribution in [0.2, 0.25) is 0 Å². The second-order valence-electron chi connectivity index (χ2n) is 7.62. The molecule has 2 aromatic carbocycles. The zero-order valence-corrected chi connectivity index (χ0v) is 16.0. The third kappa shape index (κ3) is 4.19. The molecule has 3 rings (SSSR count). The van der Waals surface area contributed by atoms with Crippen molar-refractivity contribution >= 4 is 10.8 Å². The van der Waals surface area contributed by atoms with Crippen LogP contribution in [0.1, 0.15) is 76.7 Å². The van der Waals surface area contributed by atoms with Gasteiger partial charge in [0.2, 0.25) is 0 Å². The first-order valence-electron chi connectivity index (χ1n) is 10.2. The molecule has 1 aliphatic rings. The lowest BCUT2D eigenvalue weighted by Gasteiger charge is -2.29. The van der Waals surface area contributed by atoms with Crippen LogP contribution in [0, 0.1) is 17.6 Å². The molecule has 0 aliphatic heterocycles. The van der Waals surface area contributed by atoms with Crippen molar-refractivity contribution in [3.8, 4) is 5.75 Å². The lowest BCUT2D eigenvalue weighted by molar-refractivity contribution is 0.298. The average Bonchev–Trinajstić information content (AvgIpc) is 2.66. The van der Waals surface area contributed by atoms with Crippen molar-refractivity contribution in [2.75, 3.05) is 6.61 Å². The predicted molar refractivity (Wildman–Crippen MR) is 104 cm³/mol. The second kappa shape index (κ2) is 8.83. The van der Waals surface area contributed by atoms with Crippen LogP contribution in [0.25, 0.3) is 10.8 Å². The van der Waals surface area contributed by atoms with Crippen molar-refractivity contribution < 1.29 is 13.5 Å². The lowest BCUT2D eigenvalue weighted by Crippen LogP contribution is -2.15. The van der Waals surface area contributed by atoms with Crippen molar-refractivity contribution in [3.05, 3.63) is 41.5 Å². The highest BCUT2D eigenvalue weighted by Crippen LogP contribution is 2.40. The number of benzene rings is 2. The Balaban J connectivity index is 1.76. The number of hydrogen-bond donors (Lipinski definition) is 0. The molecule has 0 heterocycles. The number of rotatable bonds is 7. The summed E-state index contributed by atoms with van der Waals surface area (Å²) in [5.74, 6) is 0.0890. The molecule has 0 N–H and O–H groups in total. The monoisotopic (exact) mass is 360 g/mol. The number of ether oxygens (including phenoxy) is 1. The van der Waals surface area contributed by atoms with E-state index in [0.29, 0.717) is 23.3 Å². The molecule has 142 valence electrons. The molecule has 0 saturated heterocycles. The molecule has 0 bridgehead atoms. The van der Waals surface area contributed by atoms with E-state index in [1.807, 2.05) is 25.1 Å². The number of hydrogen-bond acceptors (Lipinski definition) is 1. The molecule has 3 heteroatoms. The summed E-state index contributed by atoms with van der Waals surface area (Å²) >= 11 is 0. The van der Waals surface area contributed by atoms with Gasteiger partial charge in [-0.15, -0.1) is 0 Å². The van der Waals surface area contributed by atoms with Crippen LogP contribution < -0.4 is 4.74 Å². The van der Waals surface area contributed by atoms with Gasteiger partial charge in [0.25, 0.3) is 0 Å². The first-order chi connectivity index (χ1) is 12.6. The van der Waals surface area contributed by atoms with E-state index in [0.717, 1.165) is 37.0 Å². The van der Waals surface area contributed by atoms with E-state index >= 15 is 0 Å². The Morgan fingerprint density at radius 2 is 1.73 bits per heavy atom. The summed E-state index contributed by atoms with van der Waals surface area (Å²) in [6.07, 6.45) is 9.34. The molecular weight excluding hydrogens is 330 g/mol. The third-order valence-electron chi connectivity index (χ3n) is 5.83. The normalized spacial score (nSPS) is 20.5. The van der Waals surface area contributed by atoms with Crippen LogP contribution in [0.15, 0.2) is 24.3 Å². The van der Waals surface area contributed by atoms with Gasteiger partial charge in [0, 0.05) is 5.39 Å². The Labute approximate surface area is 155 Å². The highest BCUT2D eigenvalue weighted by Gasteiger charge is 2.26. The van der Waals surface area contributed by atoms with Gasteiger partial charge in [-0.1, -0.05) is 38.7 Å². The fourth-order valence-corrected chi connectivity index (χ4v) is 4.33. The fraction of sp³-hybridized carbons (Fsp3) is 0.565. The average molecular weight is 360 g/mol. The summed E-state index contributed by atoms with van der Waals surface area (Å²) in [6, 6.07) is 7.12. The molecule has 1 saturated carbocycles. The van der Waals surface area contributed by atoms with E-state index in [1.54, 1.807) is 6.07 Å². The van der Waals surface area contributed by atoms with Gasteiger partial charge in [-0.3, -0.25) is 0 Å². The third-order valence-corrected chi connectivity index (χ3v) is 5.83. The van der Waals surface area contributed by atoms with Crippen molar-refractivity contribution in [1.29, 1.82) is 0 Å². The summed E-state index contributed by atoms with van der Waals surface area (Å²) in [4.78, 5) is 0. The van der Waals surface area contributed by atoms with Crippen molar-refractivity contribution in [2.45, 2.75) is 71.1 Å². The molecule has 0 amide bonds. The molecule has 1 nitrogen and oxygen atoms in total. The summed E-state index contributed by atoms with van der Waals surface area (Å²) in [5, 5.41) is 1.07. The Morgan fingerprint density at radius 3 is 2.42 bits per heavy atom. The van der Waals surface area contributed by atoms with Crippen molar-refractivity contribution in [2.24, 2.45) is 5.92 Å². The van der Waals surface area contributed by atoms with E-state index < -0.39 is 11.6 Å².